The Kier molecular flexibility index (Phi) is 3.46. The molecule has 0 fully saturated rings. The summed E-state index contributed by atoms with van der Waals surface area (Å²) in [6.45, 7) is 1.85. The average molecular weight is 288 g/mol. The van der Waals surface area contributed by atoms with E-state index in [-0.39, 0.29) is 12.4 Å². The van der Waals surface area contributed by atoms with Crippen LogP contribution in [0.25, 0.3) is 11.0 Å². The first-order valence-electron chi connectivity index (χ1n) is 6.18. The van der Waals surface area contributed by atoms with Crippen LogP contribution in [0.5, 0.6) is 0 Å². The molecule has 0 bridgehead atoms. The number of fused-ring (bicyclic) bond motifs is 1. The maximum atomic E-state index is 13.4. The molecule has 0 atom stereocenters. The molecule has 3 nitrogen and oxygen atoms in total. The number of nitrogens with zero attached hydrogens (tertiary/aromatic N) is 1. The number of hydrogen-bond acceptors (Lipinski definition) is 3. The highest BCUT2D eigenvalue weighted by molar-refractivity contribution is 7.99. The second-order valence-electron chi connectivity index (χ2n) is 4.62. The zero-order valence-electron chi connectivity index (χ0n) is 10.9. The van der Waals surface area contributed by atoms with Gasteiger partial charge in [0.1, 0.15) is 5.82 Å². The van der Waals surface area contributed by atoms with E-state index in [0.29, 0.717) is 15.6 Å². The average Bonchev–Trinajstić information content (AvgIpc) is 2.79. The molecule has 0 aliphatic rings. The molecule has 1 aromatic heterocycles. The summed E-state index contributed by atoms with van der Waals surface area (Å²) in [6, 6.07) is 10.5. The number of aromatic nitrogens is 2. The number of H-pyrrole nitrogens is 1. The summed E-state index contributed by atoms with van der Waals surface area (Å²) >= 11 is 1.35. The number of imidazole rings is 1. The molecule has 0 unspecified atom stereocenters. The van der Waals surface area contributed by atoms with Crippen molar-refractivity contribution in [3.8, 4) is 0 Å². The van der Waals surface area contributed by atoms with Crippen molar-refractivity contribution in [1.29, 1.82) is 0 Å². The highest BCUT2D eigenvalue weighted by Crippen LogP contribution is 2.28. The van der Waals surface area contributed by atoms with Crippen molar-refractivity contribution in [1.82, 2.24) is 9.97 Å². The molecule has 0 aliphatic heterocycles. The van der Waals surface area contributed by atoms with Crippen molar-refractivity contribution in [2.75, 3.05) is 0 Å². The Bertz CT molecular complexity index is 770. The smallest absolute Gasteiger partial charge is 0.171 e. The number of aliphatic hydroxyl groups is 1. The van der Waals surface area contributed by atoms with E-state index < -0.39 is 0 Å². The van der Waals surface area contributed by atoms with Gasteiger partial charge in [0.15, 0.2) is 5.16 Å². The van der Waals surface area contributed by atoms with E-state index >= 15 is 0 Å². The molecule has 2 aromatic carbocycles. The van der Waals surface area contributed by atoms with Crippen molar-refractivity contribution in [3.63, 3.8) is 0 Å². The lowest BCUT2D eigenvalue weighted by atomic mass is 10.2. The molecule has 2 N–H and O–H groups in total. The molecule has 0 saturated heterocycles. The summed E-state index contributed by atoms with van der Waals surface area (Å²) in [7, 11) is 0. The van der Waals surface area contributed by atoms with Crippen LogP contribution in [0.4, 0.5) is 4.39 Å². The first-order chi connectivity index (χ1) is 9.64. The zero-order valence-corrected chi connectivity index (χ0v) is 11.7. The number of benzene rings is 2. The second kappa shape index (κ2) is 5.26. The summed E-state index contributed by atoms with van der Waals surface area (Å²) in [5.41, 5.74) is 3.56. The highest BCUT2D eigenvalue weighted by atomic mass is 32.2. The minimum atomic E-state index is -0.356. The number of hydrogen-bond donors (Lipinski definition) is 2. The number of aliphatic hydroxyl groups excluding tert-OH is 1. The molecule has 0 amide bonds. The minimum absolute atomic E-state index is 0.176. The summed E-state index contributed by atoms with van der Waals surface area (Å²) in [4.78, 5) is 8.38. The fourth-order valence-corrected chi connectivity index (χ4v) is 2.94. The predicted molar refractivity (Wildman–Crippen MR) is 77.3 cm³/mol. The largest absolute Gasteiger partial charge is 0.392 e. The van der Waals surface area contributed by atoms with Gasteiger partial charge in [0.25, 0.3) is 0 Å². The van der Waals surface area contributed by atoms with Crippen molar-refractivity contribution in [3.05, 3.63) is 53.3 Å². The van der Waals surface area contributed by atoms with Crippen molar-refractivity contribution >= 4 is 22.8 Å². The van der Waals surface area contributed by atoms with Gasteiger partial charge in [-0.25, -0.2) is 9.37 Å². The molecule has 1 heterocycles. The van der Waals surface area contributed by atoms with Crippen LogP contribution in [0, 0.1) is 12.7 Å². The SMILES string of the molecule is Cc1ccc2nc(Sc3cc(F)cc(CO)c3)[nH]c2c1. The third-order valence-corrected chi connectivity index (χ3v) is 3.80. The maximum absolute atomic E-state index is 13.4. The monoisotopic (exact) mass is 288 g/mol. The Morgan fingerprint density at radius 2 is 2.10 bits per heavy atom. The van der Waals surface area contributed by atoms with E-state index in [9.17, 15) is 4.39 Å². The number of rotatable bonds is 3. The number of aryl methyl sites for hydroxylation is 1. The van der Waals surface area contributed by atoms with E-state index in [4.69, 9.17) is 5.11 Å². The Labute approximate surface area is 119 Å². The Morgan fingerprint density at radius 1 is 1.25 bits per heavy atom. The van der Waals surface area contributed by atoms with Crippen molar-refractivity contribution in [2.45, 2.75) is 23.6 Å². The lowest BCUT2D eigenvalue weighted by molar-refractivity contribution is 0.281. The molecule has 3 aromatic rings. The van der Waals surface area contributed by atoms with Gasteiger partial charge in [-0.3, -0.25) is 0 Å². The van der Waals surface area contributed by atoms with E-state index in [1.807, 2.05) is 25.1 Å². The van der Waals surface area contributed by atoms with Gasteiger partial charge in [-0.05, 0) is 48.4 Å². The van der Waals surface area contributed by atoms with Crippen LogP contribution in [-0.2, 0) is 6.61 Å². The van der Waals surface area contributed by atoms with E-state index in [2.05, 4.69) is 9.97 Å². The van der Waals surface area contributed by atoms with Gasteiger partial charge in [0, 0.05) is 4.90 Å². The van der Waals surface area contributed by atoms with Crippen LogP contribution in [0.2, 0.25) is 0 Å². The summed E-state index contributed by atoms with van der Waals surface area (Å²) < 4.78 is 13.4. The molecule has 5 heteroatoms. The van der Waals surface area contributed by atoms with Gasteiger partial charge in [0.2, 0.25) is 0 Å². The molecule has 0 saturated carbocycles. The Hall–Kier alpha value is -1.85. The van der Waals surface area contributed by atoms with Gasteiger partial charge in [-0.2, -0.15) is 0 Å². The quantitative estimate of drug-likeness (QED) is 0.773. The molecule has 102 valence electrons. The van der Waals surface area contributed by atoms with Crippen LogP contribution in [0.1, 0.15) is 11.1 Å². The maximum Gasteiger partial charge on any atom is 0.171 e. The van der Waals surface area contributed by atoms with Crippen LogP contribution in [0.3, 0.4) is 0 Å². The zero-order chi connectivity index (χ0) is 14.1. The lowest BCUT2D eigenvalue weighted by Crippen LogP contribution is -1.87. The highest BCUT2D eigenvalue weighted by Gasteiger charge is 2.07. The second-order valence-corrected chi connectivity index (χ2v) is 5.68. The first-order valence-corrected chi connectivity index (χ1v) is 7.00. The lowest BCUT2D eigenvalue weighted by Gasteiger charge is -2.02. The van der Waals surface area contributed by atoms with Crippen molar-refractivity contribution < 1.29 is 9.50 Å². The Balaban J connectivity index is 1.94. The van der Waals surface area contributed by atoms with Crippen LogP contribution in [-0.4, -0.2) is 15.1 Å². The third-order valence-electron chi connectivity index (χ3n) is 2.94. The third kappa shape index (κ3) is 2.69. The van der Waals surface area contributed by atoms with Crippen molar-refractivity contribution in [2.24, 2.45) is 0 Å². The standard InChI is InChI=1S/C15H13FN2OS/c1-9-2-3-13-14(4-9)18-15(17-13)20-12-6-10(8-19)5-11(16)7-12/h2-7,19H,8H2,1H3,(H,17,18). The van der Waals surface area contributed by atoms with Gasteiger partial charge in [-0.15, -0.1) is 0 Å². The van der Waals surface area contributed by atoms with Gasteiger partial charge >= 0.3 is 0 Å². The number of aromatic amines is 1. The topological polar surface area (TPSA) is 48.9 Å². The fourth-order valence-electron chi connectivity index (χ4n) is 2.03. The van der Waals surface area contributed by atoms with E-state index in [0.717, 1.165) is 16.6 Å². The molecule has 0 spiro atoms. The van der Waals surface area contributed by atoms with Crippen LogP contribution in [0.15, 0.2) is 46.5 Å². The van der Waals surface area contributed by atoms with Crippen LogP contribution < -0.4 is 0 Å². The summed E-state index contributed by atoms with van der Waals surface area (Å²) in [5.74, 6) is -0.356. The first kappa shape index (κ1) is 13.1. The molecule has 0 radical (unpaired) electrons. The van der Waals surface area contributed by atoms with Gasteiger partial charge < -0.3 is 10.1 Å². The fraction of sp³-hybridized carbons (Fsp3) is 0.133. The Morgan fingerprint density at radius 3 is 2.90 bits per heavy atom. The number of halogens is 1. The van der Waals surface area contributed by atoms with E-state index in [1.54, 1.807) is 6.07 Å². The number of nitrogens with one attached hydrogen (secondary N) is 1. The molecule has 3 rings (SSSR count). The van der Waals surface area contributed by atoms with E-state index in [1.165, 1.54) is 23.9 Å². The molecular formula is C15H13FN2OS. The van der Waals surface area contributed by atoms with Crippen LogP contribution >= 0.6 is 11.8 Å². The summed E-state index contributed by atoms with van der Waals surface area (Å²) in [5, 5.41) is 9.81. The molecule has 0 aliphatic carbocycles. The van der Waals surface area contributed by atoms with Gasteiger partial charge in [-0.1, -0.05) is 17.8 Å². The molecule has 20 heavy (non-hydrogen) atoms. The molecular weight excluding hydrogens is 275 g/mol. The van der Waals surface area contributed by atoms with Gasteiger partial charge in [0.05, 0.1) is 17.6 Å². The predicted octanol–water partition coefficient (Wildman–Crippen LogP) is 3.65. The normalized spacial score (nSPS) is 11.2. The minimum Gasteiger partial charge on any atom is -0.392 e. The summed E-state index contributed by atoms with van der Waals surface area (Å²) in [6.07, 6.45) is 0.